The molecule has 1 aliphatic heterocycles. The monoisotopic (exact) mass is 242 g/mol. The third kappa shape index (κ3) is 4.28. The van der Waals surface area contributed by atoms with Gasteiger partial charge in [-0.1, -0.05) is 20.8 Å². The highest BCUT2D eigenvalue weighted by Gasteiger charge is 2.36. The summed E-state index contributed by atoms with van der Waals surface area (Å²) >= 11 is 0. The lowest BCUT2D eigenvalue weighted by molar-refractivity contribution is -0.127. The number of methoxy groups -OCH3 is 1. The second kappa shape index (κ2) is 6.36. The van der Waals surface area contributed by atoms with Crippen molar-refractivity contribution in [3.63, 3.8) is 0 Å². The predicted molar refractivity (Wildman–Crippen MR) is 68.9 cm³/mol. The second-order valence-corrected chi connectivity index (χ2v) is 5.78. The van der Waals surface area contributed by atoms with Gasteiger partial charge in [-0.05, 0) is 30.7 Å². The summed E-state index contributed by atoms with van der Waals surface area (Å²) in [7, 11) is 1.68. The lowest BCUT2D eigenvalue weighted by atomic mass is 9.77. The molecule has 1 amide bonds. The van der Waals surface area contributed by atoms with E-state index >= 15 is 0 Å². The van der Waals surface area contributed by atoms with Gasteiger partial charge in [0.25, 0.3) is 0 Å². The van der Waals surface area contributed by atoms with Gasteiger partial charge in [-0.3, -0.25) is 4.79 Å². The molecule has 100 valence electrons. The van der Waals surface area contributed by atoms with Gasteiger partial charge in [-0.2, -0.15) is 0 Å². The van der Waals surface area contributed by atoms with Crippen LogP contribution >= 0.6 is 0 Å². The lowest BCUT2D eigenvalue weighted by Gasteiger charge is -2.38. The summed E-state index contributed by atoms with van der Waals surface area (Å²) in [6, 6.07) is -0.0639. The average Bonchev–Trinajstić information content (AvgIpc) is 2.26. The zero-order chi connectivity index (χ0) is 12.9. The molecule has 2 N–H and O–H groups in total. The Bertz CT molecular complexity index is 254. The van der Waals surface area contributed by atoms with Gasteiger partial charge in [-0.25, -0.2) is 0 Å². The lowest BCUT2D eigenvalue weighted by Crippen LogP contribution is -2.56. The summed E-state index contributed by atoms with van der Waals surface area (Å²) in [5.74, 6) is 0.480. The first kappa shape index (κ1) is 14.5. The highest BCUT2D eigenvalue weighted by molar-refractivity contribution is 5.82. The van der Waals surface area contributed by atoms with Gasteiger partial charge in [0.05, 0.1) is 12.6 Å². The SMILES string of the molecule is COCC(C)CNC(=O)C1NCCCC1(C)C. The van der Waals surface area contributed by atoms with Crippen LogP contribution in [-0.2, 0) is 9.53 Å². The number of carbonyl (C=O) groups is 1. The van der Waals surface area contributed by atoms with Crippen molar-refractivity contribution in [3.8, 4) is 0 Å². The maximum absolute atomic E-state index is 12.1. The van der Waals surface area contributed by atoms with Crippen molar-refractivity contribution >= 4 is 5.91 Å². The number of piperidine rings is 1. The van der Waals surface area contributed by atoms with Crippen molar-refractivity contribution < 1.29 is 9.53 Å². The van der Waals surface area contributed by atoms with Crippen LogP contribution in [0.3, 0.4) is 0 Å². The topological polar surface area (TPSA) is 50.4 Å². The van der Waals surface area contributed by atoms with Crippen molar-refractivity contribution in [2.24, 2.45) is 11.3 Å². The fourth-order valence-electron chi connectivity index (χ4n) is 2.38. The molecule has 4 heteroatoms. The molecule has 2 unspecified atom stereocenters. The molecule has 0 bridgehead atoms. The Kier molecular flexibility index (Phi) is 5.40. The van der Waals surface area contributed by atoms with Crippen molar-refractivity contribution in [1.82, 2.24) is 10.6 Å². The van der Waals surface area contributed by atoms with E-state index in [1.807, 2.05) is 0 Å². The first-order valence-corrected chi connectivity index (χ1v) is 6.47. The minimum Gasteiger partial charge on any atom is -0.384 e. The number of hydrogen-bond donors (Lipinski definition) is 2. The van der Waals surface area contributed by atoms with Crippen LogP contribution < -0.4 is 10.6 Å². The van der Waals surface area contributed by atoms with Crippen LogP contribution in [0, 0.1) is 11.3 Å². The van der Waals surface area contributed by atoms with E-state index in [2.05, 4.69) is 31.4 Å². The van der Waals surface area contributed by atoms with E-state index < -0.39 is 0 Å². The van der Waals surface area contributed by atoms with E-state index in [4.69, 9.17) is 4.74 Å². The summed E-state index contributed by atoms with van der Waals surface area (Å²) in [4.78, 5) is 12.1. The third-order valence-electron chi connectivity index (χ3n) is 3.47. The molecule has 0 aromatic rings. The van der Waals surface area contributed by atoms with Gasteiger partial charge in [0.1, 0.15) is 0 Å². The summed E-state index contributed by atoms with van der Waals surface area (Å²) in [6.07, 6.45) is 2.25. The van der Waals surface area contributed by atoms with E-state index in [-0.39, 0.29) is 17.4 Å². The van der Waals surface area contributed by atoms with Gasteiger partial charge in [0, 0.05) is 13.7 Å². The number of ether oxygens (including phenoxy) is 1. The van der Waals surface area contributed by atoms with Gasteiger partial charge in [-0.15, -0.1) is 0 Å². The highest BCUT2D eigenvalue weighted by Crippen LogP contribution is 2.30. The minimum atomic E-state index is -0.0639. The number of rotatable bonds is 5. The highest BCUT2D eigenvalue weighted by atomic mass is 16.5. The minimum absolute atomic E-state index is 0.0484. The van der Waals surface area contributed by atoms with Crippen LogP contribution in [0.1, 0.15) is 33.6 Å². The van der Waals surface area contributed by atoms with E-state index in [9.17, 15) is 4.79 Å². The molecule has 0 aliphatic carbocycles. The molecule has 2 atom stereocenters. The smallest absolute Gasteiger partial charge is 0.237 e. The Balaban J connectivity index is 2.41. The maximum Gasteiger partial charge on any atom is 0.237 e. The predicted octanol–water partition coefficient (Wildman–Crippen LogP) is 1.16. The van der Waals surface area contributed by atoms with Crippen LogP contribution in [-0.4, -0.2) is 38.8 Å². The van der Waals surface area contributed by atoms with Crippen molar-refractivity contribution in [2.45, 2.75) is 39.7 Å². The Labute approximate surface area is 104 Å². The Morgan fingerprint density at radius 2 is 2.29 bits per heavy atom. The normalized spacial score (nSPS) is 25.3. The molecule has 0 aromatic carbocycles. The molecule has 4 nitrogen and oxygen atoms in total. The molecule has 1 saturated heterocycles. The number of amides is 1. The first-order valence-electron chi connectivity index (χ1n) is 6.47. The van der Waals surface area contributed by atoms with Gasteiger partial charge in [0.2, 0.25) is 5.91 Å². The molecule has 0 saturated carbocycles. The summed E-state index contributed by atoms with van der Waals surface area (Å²) in [6.45, 7) is 8.69. The largest absolute Gasteiger partial charge is 0.384 e. The molecular weight excluding hydrogens is 216 g/mol. The Hall–Kier alpha value is -0.610. The van der Waals surface area contributed by atoms with E-state index in [0.29, 0.717) is 19.1 Å². The summed E-state index contributed by atoms with van der Waals surface area (Å²) in [5, 5.41) is 6.33. The van der Waals surface area contributed by atoms with Gasteiger partial charge < -0.3 is 15.4 Å². The molecule has 1 heterocycles. The van der Waals surface area contributed by atoms with Crippen LogP contribution in [0.25, 0.3) is 0 Å². The molecule has 17 heavy (non-hydrogen) atoms. The zero-order valence-electron chi connectivity index (χ0n) is 11.5. The molecule has 1 aliphatic rings. The molecule has 0 spiro atoms. The van der Waals surface area contributed by atoms with Gasteiger partial charge in [0.15, 0.2) is 0 Å². The van der Waals surface area contributed by atoms with E-state index in [0.717, 1.165) is 19.4 Å². The molecular formula is C13H26N2O2. The molecule has 0 radical (unpaired) electrons. The van der Waals surface area contributed by atoms with Crippen LogP contribution in [0.15, 0.2) is 0 Å². The van der Waals surface area contributed by atoms with Crippen molar-refractivity contribution in [1.29, 1.82) is 0 Å². The molecule has 1 fully saturated rings. The fraction of sp³-hybridized carbons (Fsp3) is 0.923. The van der Waals surface area contributed by atoms with Crippen LogP contribution in [0.2, 0.25) is 0 Å². The van der Waals surface area contributed by atoms with Gasteiger partial charge >= 0.3 is 0 Å². The van der Waals surface area contributed by atoms with Crippen molar-refractivity contribution in [2.75, 3.05) is 26.8 Å². The third-order valence-corrected chi connectivity index (χ3v) is 3.47. The molecule has 1 rings (SSSR count). The number of nitrogens with one attached hydrogen (secondary N) is 2. The maximum atomic E-state index is 12.1. The van der Waals surface area contributed by atoms with E-state index in [1.165, 1.54) is 0 Å². The Morgan fingerprint density at radius 3 is 2.88 bits per heavy atom. The summed E-state index contributed by atoms with van der Waals surface area (Å²) < 4.78 is 5.06. The van der Waals surface area contributed by atoms with E-state index in [1.54, 1.807) is 7.11 Å². The Morgan fingerprint density at radius 1 is 1.59 bits per heavy atom. The van der Waals surface area contributed by atoms with Crippen LogP contribution in [0.5, 0.6) is 0 Å². The molecule has 0 aromatic heterocycles. The summed E-state index contributed by atoms with van der Waals surface area (Å²) in [5.41, 5.74) is 0.0484. The number of carbonyl (C=O) groups excluding carboxylic acids is 1. The fourth-order valence-corrected chi connectivity index (χ4v) is 2.38. The van der Waals surface area contributed by atoms with Crippen LogP contribution in [0.4, 0.5) is 0 Å². The average molecular weight is 242 g/mol. The van der Waals surface area contributed by atoms with Crippen molar-refractivity contribution in [3.05, 3.63) is 0 Å². The number of hydrogen-bond acceptors (Lipinski definition) is 3. The second-order valence-electron chi connectivity index (χ2n) is 5.78. The zero-order valence-corrected chi connectivity index (χ0v) is 11.5. The standard InChI is InChI=1S/C13H26N2O2/c1-10(9-17-4)8-15-12(16)11-13(2,3)6-5-7-14-11/h10-11,14H,5-9H2,1-4H3,(H,15,16). The first-order chi connectivity index (χ1) is 7.97. The quantitative estimate of drug-likeness (QED) is 0.761.